The van der Waals surface area contributed by atoms with Crippen molar-refractivity contribution in [3.05, 3.63) is 0 Å². The van der Waals surface area contributed by atoms with E-state index in [0.29, 0.717) is 18.5 Å². The number of carbonyl (C=O) groups is 1. The highest BCUT2D eigenvalue weighted by Gasteiger charge is 2.31. The van der Waals surface area contributed by atoms with Crippen LogP contribution in [0.15, 0.2) is 0 Å². The van der Waals surface area contributed by atoms with Crippen LogP contribution >= 0.6 is 0 Å². The van der Waals surface area contributed by atoms with E-state index < -0.39 is 0 Å². The third-order valence-corrected chi connectivity index (χ3v) is 3.94. The van der Waals surface area contributed by atoms with Gasteiger partial charge in [-0.1, -0.05) is 0 Å². The van der Waals surface area contributed by atoms with Crippen molar-refractivity contribution in [3.63, 3.8) is 0 Å². The summed E-state index contributed by atoms with van der Waals surface area (Å²) < 4.78 is 0. The monoisotopic (exact) mass is 225 g/mol. The van der Waals surface area contributed by atoms with Gasteiger partial charge in [-0.25, -0.2) is 4.79 Å². The maximum Gasteiger partial charge on any atom is 0.320 e. The molecule has 2 fully saturated rings. The van der Waals surface area contributed by atoms with E-state index in [4.69, 9.17) is 5.73 Å². The van der Waals surface area contributed by atoms with Gasteiger partial charge in [-0.15, -0.1) is 0 Å². The van der Waals surface area contributed by atoms with Crippen molar-refractivity contribution in [2.24, 2.45) is 11.7 Å². The minimum atomic E-state index is 0.239. The first-order valence-electron chi connectivity index (χ1n) is 6.48. The van der Waals surface area contributed by atoms with Gasteiger partial charge in [0.25, 0.3) is 0 Å². The number of urea groups is 1. The van der Waals surface area contributed by atoms with Crippen LogP contribution in [0, 0.1) is 5.92 Å². The van der Waals surface area contributed by atoms with Gasteiger partial charge in [0.2, 0.25) is 0 Å². The predicted octanol–water partition coefficient (Wildman–Crippen LogP) is 1.26. The number of nitrogens with two attached hydrogens (primary N) is 1. The Morgan fingerprint density at radius 3 is 2.62 bits per heavy atom. The van der Waals surface area contributed by atoms with Crippen LogP contribution in [0.25, 0.3) is 0 Å². The van der Waals surface area contributed by atoms with Crippen LogP contribution < -0.4 is 5.73 Å². The minimum absolute atomic E-state index is 0.239. The molecule has 0 spiro atoms. The molecule has 4 nitrogen and oxygen atoms in total. The Bertz CT molecular complexity index is 251. The second-order valence-corrected chi connectivity index (χ2v) is 5.16. The molecule has 0 bridgehead atoms. The summed E-state index contributed by atoms with van der Waals surface area (Å²) in [5.74, 6) is 0.503. The van der Waals surface area contributed by atoms with E-state index in [2.05, 4.69) is 6.92 Å². The molecule has 0 radical (unpaired) electrons. The molecule has 2 heterocycles. The van der Waals surface area contributed by atoms with Crippen molar-refractivity contribution >= 4 is 6.03 Å². The summed E-state index contributed by atoms with van der Waals surface area (Å²) in [6.45, 7) is 5.59. The molecule has 0 aromatic heterocycles. The van der Waals surface area contributed by atoms with Crippen molar-refractivity contribution < 1.29 is 4.79 Å². The number of likely N-dealkylation sites (tertiary alicyclic amines) is 2. The van der Waals surface area contributed by atoms with E-state index in [1.165, 1.54) is 6.42 Å². The summed E-state index contributed by atoms with van der Waals surface area (Å²) in [6, 6.07) is 0.624. The summed E-state index contributed by atoms with van der Waals surface area (Å²) in [6.07, 6.45) is 4.59. The van der Waals surface area contributed by atoms with Crippen LogP contribution in [0.3, 0.4) is 0 Å². The van der Waals surface area contributed by atoms with Crippen molar-refractivity contribution in [2.75, 3.05) is 26.2 Å². The van der Waals surface area contributed by atoms with E-state index in [-0.39, 0.29) is 6.03 Å². The molecule has 0 aromatic rings. The number of hydrogen-bond acceptors (Lipinski definition) is 2. The highest BCUT2D eigenvalue weighted by Crippen LogP contribution is 2.23. The van der Waals surface area contributed by atoms with E-state index in [0.717, 1.165) is 38.9 Å². The fourth-order valence-electron chi connectivity index (χ4n) is 2.73. The molecule has 0 aliphatic carbocycles. The summed E-state index contributed by atoms with van der Waals surface area (Å²) in [7, 11) is 0. The van der Waals surface area contributed by atoms with Gasteiger partial charge in [-0.3, -0.25) is 0 Å². The molecule has 2 N–H and O–H groups in total. The molecule has 2 aliphatic rings. The maximum atomic E-state index is 12.3. The molecule has 2 atom stereocenters. The molecule has 2 aliphatic heterocycles. The highest BCUT2D eigenvalue weighted by molar-refractivity contribution is 5.75. The quantitative estimate of drug-likeness (QED) is 0.730. The van der Waals surface area contributed by atoms with E-state index >= 15 is 0 Å². The lowest BCUT2D eigenvalue weighted by Crippen LogP contribution is -2.51. The SMILES string of the molecule is CC1CCC(CN)CN1C(=O)N1CCCC1. The second kappa shape index (κ2) is 5.04. The zero-order chi connectivity index (χ0) is 11.5. The summed E-state index contributed by atoms with van der Waals surface area (Å²) in [4.78, 5) is 16.3. The molecular formula is C12H23N3O. The first kappa shape index (κ1) is 11.7. The molecule has 0 aromatic carbocycles. The minimum Gasteiger partial charge on any atom is -0.330 e. The second-order valence-electron chi connectivity index (χ2n) is 5.16. The number of piperidine rings is 1. The Morgan fingerprint density at radius 1 is 1.31 bits per heavy atom. The third kappa shape index (κ3) is 2.32. The first-order chi connectivity index (χ1) is 7.72. The van der Waals surface area contributed by atoms with Gasteiger partial charge in [-0.2, -0.15) is 0 Å². The van der Waals surface area contributed by atoms with Crippen LogP contribution in [0.2, 0.25) is 0 Å². The molecule has 2 unspecified atom stereocenters. The fraction of sp³-hybridized carbons (Fsp3) is 0.917. The average Bonchev–Trinajstić information content (AvgIpc) is 2.82. The molecule has 0 saturated carbocycles. The van der Waals surface area contributed by atoms with Crippen LogP contribution in [0.4, 0.5) is 4.79 Å². The molecular weight excluding hydrogens is 202 g/mol. The largest absolute Gasteiger partial charge is 0.330 e. The van der Waals surface area contributed by atoms with Crippen LogP contribution in [0.5, 0.6) is 0 Å². The molecule has 4 heteroatoms. The van der Waals surface area contributed by atoms with Gasteiger partial charge in [0.1, 0.15) is 0 Å². The predicted molar refractivity (Wildman–Crippen MR) is 64.1 cm³/mol. The Hall–Kier alpha value is -0.770. The molecule has 2 rings (SSSR count). The first-order valence-corrected chi connectivity index (χ1v) is 6.48. The standard InChI is InChI=1S/C12H23N3O/c1-10-4-5-11(8-13)9-15(10)12(16)14-6-2-3-7-14/h10-11H,2-9,13H2,1H3. The average molecular weight is 225 g/mol. The summed E-state index contributed by atoms with van der Waals surface area (Å²) in [5, 5.41) is 0. The fourth-order valence-corrected chi connectivity index (χ4v) is 2.73. The Morgan fingerprint density at radius 2 is 2.00 bits per heavy atom. The lowest BCUT2D eigenvalue weighted by molar-refractivity contribution is 0.109. The van der Waals surface area contributed by atoms with Crippen LogP contribution in [0.1, 0.15) is 32.6 Å². The third-order valence-electron chi connectivity index (χ3n) is 3.94. The van der Waals surface area contributed by atoms with Crippen molar-refractivity contribution in [1.82, 2.24) is 9.80 Å². The van der Waals surface area contributed by atoms with Crippen molar-refractivity contribution in [2.45, 2.75) is 38.6 Å². The van der Waals surface area contributed by atoms with Gasteiger partial charge in [-0.05, 0) is 45.1 Å². The Balaban J connectivity index is 1.97. The van der Waals surface area contributed by atoms with Crippen LogP contribution in [-0.4, -0.2) is 48.1 Å². The molecule has 2 amide bonds. The Labute approximate surface area is 97.8 Å². The lowest BCUT2D eigenvalue weighted by atomic mass is 9.94. The zero-order valence-electron chi connectivity index (χ0n) is 10.2. The number of amides is 2. The van der Waals surface area contributed by atoms with Gasteiger partial charge >= 0.3 is 6.03 Å². The van der Waals surface area contributed by atoms with Gasteiger partial charge < -0.3 is 15.5 Å². The molecule has 92 valence electrons. The summed E-state index contributed by atoms with van der Waals surface area (Å²) in [5.41, 5.74) is 5.71. The van der Waals surface area contributed by atoms with E-state index in [1.54, 1.807) is 0 Å². The van der Waals surface area contributed by atoms with E-state index in [9.17, 15) is 4.79 Å². The van der Waals surface area contributed by atoms with Gasteiger partial charge in [0.15, 0.2) is 0 Å². The van der Waals surface area contributed by atoms with Gasteiger partial charge in [0.05, 0.1) is 0 Å². The summed E-state index contributed by atoms with van der Waals surface area (Å²) >= 11 is 0. The van der Waals surface area contributed by atoms with E-state index in [1.807, 2.05) is 9.80 Å². The lowest BCUT2D eigenvalue weighted by Gasteiger charge is -2.39. The number of hydrogen-bond donors (Lipinski definition) is 1. The Kier molecular flexibility index (Phi) is 3.69. The molecule has 2 saturated heterocycles. The van der Waals surface area contributed by atoms with Crippen molar-refractivity contribution in [3.8, 4) is 0 Å². The van der Waals surface area contributed by atoms with Crippen molar-refractivity contribution in [1.29, 1.82) is 0 Å². The molecule has 16 heavy (non-hydrogen) atoms. The smallest absolute Gasteiger partial charge is 0.320 e. The maximum absolute atomic E-state index is 12.3. The normalized spacial score (nSPS) is 30.9. The number of nitrogens with zero attached hydrogens (tertiary/aromatic N) is 2. The van der Waals surface area contributed by atoms with Gasteiger partial charge in [0, 0.05) is 25.7 Å². The highest BCUT2D eigenvalue weighted by atomic mass is 16.2. The number of rotatable bonds is 1. The number of carbonyl (C=O) groups excluding carboxylic acids is 1. The zero-order valence-corrected chi connectivity index (χ0v) is 10.2. The van der Waals surface area contributed by atoms with Crippen LogP contribution in [-0.2, 0) is 0 Å². The topological polar surface area (TPSA) is 49.6 Å².